The smallest absolute Gasteiger partial charge is 0.191 e. The number of hydrogen-bond acceptors (Lipinski definition) is 1. The largest absolute Gasteiger partial charge is 0.357 e. The van der Waals surface area contributed by atoms with Crippen molar-refractivity contribution in [3.05, 3.63) is 34.1 Å². The van der Waals surface area contributed by atoms with Crippen LogP contribution < -0.4 is 10.6 Å². The van der Waals surface area contributed by atoms with Crippen LogP contribution in [-0.4, -0.2) is 25.6 Å². The van der Waals surface area contributed by atoms with Crippen molar-refractivity contribution >= 4 is 45.9 Å². The van der Waals surface area contributed by atoms with Gasteiger partial charge in [-0.3, -0.25) is 4.99 Å². The monoisotopic (exact) mass is 457 g/mol. The highest BCUT2D eigenvalue weighted by molar-refractivity contribution is 14.0. The van der Waals surface area contributed by atoms with Gasteiger partial charge in [0, 0.05) is 19.6 Å². The molecular formula is C14H22BrFIN3. The first-order valence-electron chi connectivity index (χ1n) is 6.63. The molecule has 0 aromatic heterocycles. The molecule has 0 amide bonds. The third-order valence-electron chi connectivity index (χ3n) is 2.53. The molecule has 1 aromatic rings. The quantitative estimate of drug-likeness (QED) is 0.388. The Bertz CT molecular complexity index is 427. The maximum absolute atomic E-state index is 13.1. The summed E-state index contributed by atoms with van der Waals surface area (Å²) in [4.78, 5) is 4.42. The topological polar surface area (TPSA) is 36.4 Å². The Hall–Kier alpha value is -0.370. The van der Waals surface area contributed by atoms with Crippen LogP contribution in [0.4, 0.5) is 4.39 Å². The number of hydrogen-bond donors (Lipinski definition) is 2. The van der Waals surface area contributed by atoms with Crippen molar-refractivity contribution in [1.29, 1.82) is 0 Å². The average molecular weight is 458 g/mol. The van der Waals surface area contributed by atoms with E-state index >= 15 is 0 Å². The Labute approximate surface area is 146 Å². The van der Waals surface area contributed by atoms with Gasteiger partial charge >= 0.3 is 0 Å². The number of halogens is 3. The van der Waals surface area contributed by atoms with E-state index in [1.165, 1.54) is 6.07 Å². The van der Waals surface area contributed by atoms with E-state index < -0.39 is 0 Å². The second-order valence-electron chi connectivity index (χ2n) is 4.19. The maximum Gasteiger partial charge on any atom is 0.191 e. The molecule has 0 aliphatic carbocycles. The van der Waals surface area contributed by atoms with Gasteiger partial charge in [0.15, 0.2) is 5.96 Å². The third-order valence-corrected chi connectivity index (χ3v) is 3.14. The van der Waals surface area contributed by atoms with Crippen LogP contribution in [0.15, 0.2) is 27.7 Å². The number of guanidine groups is 1. The van der Waals surface area contributed by atoms with Crippen LogP contribution in [0.5, 0.6) is 0 Å². The number of aliphatic imine (C=N–C) groups is 1. The first kappa shape index (κ1) is 19.6. The van der Waals surface area contributed by atoms with Gasteiger partial charge in [0.05, 0.1) is 4.47 Å². The summed E-state index contributed by atoms with van der Waals surface area (Å²) >= 11 is 3.19. The minimum atomic E-state index is -0.227. The maximum atomic E-state index is 13.1. The van der Waals surface area contributed by atoms with E-state index in [1.807, 2.05) is 13.0 Å². The summed E-state index contributed by atoms with van der Waals surface area (Å²) in [5.74, 6) is 0.611. The lowest BCUT2D eigenvalue weighted by molar-refractivity contribution is 0.620. The van der Waals surface area contributed by atoms with Crippen molar-refractivity contribution in [2.75, 3.05) is 19.6 Å². The zero-order valence-electron chi connectivity index (χ0n) is 11.9. The van der Waals surface area contributed by atoms with E-state index in [4.69, 9.17) is 0 Å². The summed E-state index contributed by atoms with van der Waals surface area (Å²) in [6.07, 6.45) is 1.86. The lowest BCUT2D eigenvalue weighted by Gasteiger charge is -2.11. The van der Waals surface area contributed by atoms with Gasteiger partial charge in [0.1, 0.15) is 5.82 Å². The van der Waals surface area contributed by atoms with E-state index in [2.05, 4.69) is 38.5 Å². The molecule has 0 saturated heterocycles. The minimum Gasteiger partial charge on any atom is -0.357 e. The average Bonchev–Trinajstić information content (AvgIpc) is 2.40. The van der Waals surface area contributed by atoms with Crippen LogP contribution in [0.3, 0.4) is 0 Å². The first-order valence-corrected chi connectivity index (χ1v) is 7.42. The van der Waals surface area contributed by atoms with Crippen LogP contribution in [0.1, 0.15) is 25.8 Å². The van der Waals surface area contributed by atoms with Gasteiger partial charge in [-0.25, -0.2) is 4.39 Å². The fraction of sp³-hybridized carbons (Fsp3) is 0.500. The van der Waals surface area contributed by atoms with E-state index in [-0.39, 0.29) is 29.8 Å². The van der Waals surface area contributed by atoms with Gasteiger partial charge < -0.3 is 10.6 Å². The lowest BCUT2D eigenvalue weighted by atomic mass is 10.1. The fourth-order valence-corrected chi connectivity index (χ4v) is 2.01. The molecule has 3 nitrogen and oxygen atoms in total. The molecule has 0 bridgehead atoms. The van der Waals surface area contributed by atoms with E-state index in [0.29, 0.717) is 4.47 Å². The first-order chi connectivity index (χ1) is 9.17. The van der Waals surface area contributed by atoms with Crippen LogP contribution >= 0.6 is 39.9 Å². The van der Waals surface area contributed by atoms with Crippen molar-refractivity contribution in [1.82, 2.24) is 10.6 Å². The molecular weight excluding hydrogens is 436 g/mol. The highest BCUT2D eigenvalue weighted by Crippen LogP contribution is 2.16. The Morgan fingerprint density at radius 3 is 2.65 bits per heavy atom. The van der Waals surface area contributed by atoms with Crippen LogP contribution in [0.25, 0.3) is 0 Å². The molecule has 6 heteroatoms. The zero-order valence-corrected chi connectivity index (χ0v) is 15.8. The Balaban J connectivity index is 0.00000361. The summed E-state index contributed by atoms with van der Waals surface area (Å²) in [6, 6.07) is 5.10. The molecule has 1 rings (SSSR count). The fourth-order valence-electron chi connectivity index (χ4n) is 1.59. The molecule has 0 aliphatic rings. The van der Waals surface area contributed by atoms with Crippen LogP contribution in [0, 0.1) is 5.82 Å². The molecule has 0 fully saturated rings. The molecule has 0 atom stereocenters. The predicted molar refractivity (Wildman–Crippen MR) is 97.5 cm³/mol. The third kappa shape index (κ3) is 7.42. The summed E-state index contributed by atoms with van der Waals surface area (Å²) < 4.78 is 13.6. The van der Waals surface area contributed by atoms with E-state index in [9.17, 15) is 4.39 Å². The Kier molecular flexibility index (Phi) is 11.1. The summed E-state index contributed by atoms with van der Waals surface area (Å²) in [5, 5.41) is 6.46. The van der Waals surface area contributed by atoms with Crippen molar-refractivity contribution < 1.29 is 4.39 Å². The molecule has 0 unspecified atom stereocenters. The van der Waals surface area contributed by atoms with E-state index in [1.54, 1.807) is 6.07 Å². The van der Waals surface area contributed by atoms with Gasteiger partial charge in [-0.1, -0.05) is 13.0 Å². The summed E-state index contributed by atoms with van der Waals surface area (Å²) in [7, 11) is 0. The Morgan fingerprint density at radius 2 is 2.05 bits per heavy atom. The SMILES string of the molecule is CCCN=C(NCC)NCCc1ccc(F)c(Br)c1.I. The molecule has 2 N–H and O–H groups in total. The standard InChI is InChI=1S/C14H21BrFN3.HI/c1-3-8-18-14(17-4-2)19-9-7-11-5-6-13(16)12(15)10-11;/h5-6,10H,3-4,7-9H2,1-2H3,(H2,17,18,19);1H. The van der Waals surface area contributed by atoms with Gasteiger partial charge in [0.25, 0.3) is 0 Å². The molecule has 0 radical (unpaired) electrons. The second kappa shape index (κ2) is 11.3. The highest BCUT2D eigenvalue weighted by Gasteiger charge is 2.01. The summed E-state index contributed by atoms with van der Waals surface area (Å²) in [6.45, 7) is 6.58. The second-order valence-corrected chi connectivity index (χ2v) is 5.04. The van der Waals surface area contributed by atoms with Gasteiger partial charge in [-0.05, 0) is 53.4 Å². The van der Waals surface area contributed by atoms with Crippen LogP contribution in [0.2, 0.25) is 0 Å². The number of benzene rings is 1. The van der Waals surface area contributed by atoms with Crippen molar-refractivity contribution in [2.45, 2.75) is 26.7 Å². The molecule has 0 spiro atoms. The molecule has 20 heavy (non-hydrogen) atoms. The molecule has 0 saturated carbocycles. The Morgan fingerprint density at radius 1 is 1.30 bits per heavy atom. The van der Waals surface area contributed by atoms with Gasteiger partial charge in [0.2, 0.25) is 0 Å². The number of nitrogens with zero attached hydrogens (tertiary/aromatic N) is 1. The van der Waals surface area contributed by atoms with Crippen LogP contribution in [-0.2, 0) is 6.42 Å². The van der Waals surface area contributed by atoms with Crippen molar-refractivity contribution in [2.24, 2.45) is 4.99 Å². The summed E-state index contributed by atoms with van der Waals surface area (Å²) in [5.41, 5.74) is 1.09. The molecule has 114 valence electrons. The predicted octanol–water partition coefficient (Wildman–Crippen LogP) is 3.71. The molecule has 1 aromatic carbocycles. The lowest BCUT2D eigenvalue weighted by Crippen LogP contribution is -2.38. The number of nitrogens with one attached hydrogen (secondary N) is 2. The van der Waals surface area contributed by atoms with Gasteiger partial charge in [-0.15, -0.1) is 24.0 Å². The van der Waals surface area contributed by atoms with E-state index in [0.717, 1.165) is 44.0 Å². The normalized spacial score (nSPS) is 10.9. The molecule has 0 heterocycles. The van der Waals surface area contributed by atoms with Crippen molar-refractivity contribution in [3.8, 4) is 0 Å². The highest BCUT2D eigenvalue weighted by atomic mass is 127. The van der Waals surface area contributed by atoms with Gasteiger partial charge in [-0.2, -0.15) is 0 Å². The van der Waals surface area contributed by atoms with Crippen molar-refractivity contribution in [3.63, 3.8) is 0 Å². The zero-order chi connectivity index (χ0) is 14.1. The minimum absolute atomic E-state index is 0. The number of rotatable bonds is 6. The molecule has 0 aliphatic heterocycles.